The average Bonchev–Trinajstić information content (AvgIpc) is 2.85. The lowest BCUT2D eigenvalue weighted by atomic mass is 10.1. The Morgan fingerprint density at radius 1 is 1.20 bits per heavy atom. The molecule has 0 amide bonds. The number of oxazole rings is 1. The van der Waals surface area contributed by atoms with Gasteiger partial charge < -0.3 is 4.42 Å². The Morgan fingerprint density at radius 3 is 2.75 bits per heavy atom. The van der Waals surface area contributed by atoms with Crippen molar-refractivity contribution >= 4 is 16.9 Å². The lowest BCUT2D eigenvalue weighted by Crippen LogP contribution is -2.10. The summed E-state index contributed by atoms with van der Waals surface area (Å²) < 4.78 is 5.50. The highest BCUT2D eigenvalue weighted by Gasteiger charge is 2.07. The molecule has 6 nitrogen and oxygen atoms in total. The Labute approximate surface area is 115 Å². The highest BCUT2D eigenvalue weighted by Crippen LogP contribution is 2.23. The fourth-order valence-electron chi connectivity index (χ4n) is 1.91. The number of nitrogens with zero attached hydrogens (tertiary/aromatic N) is 5. The van der Waals surface area contributed by atoms with Crippen molar-refractivity contribution in [1.82, 2.24) is 15.2 Å². The van der Waals surface area contributed by atoms with E-state index in [2.05, 4.69) is 15.2 Å². The smallest absolute Gasteiger partial charge is 0.192 e. The maximum absolute atomic E-state index is 8.78. The second-order valence-corrected chi connectivity index (χ2v) is 4.35. The van der Waals surface area contributed by atoms with Crippen LogP contribution in [0.1, 0.15) is 5.89 Å². The topological polar surface area (TPSA) is 78.8 Å². The van der Waals surface area contributed by atoms with Crippen LogP contribution in [0.2, 0.25) is 0 Å². The standard InChI is InChI=1S/C14H11N5O/c1-9-16-12-4-3-10(7-13(12)20-9)11-5-6-14(18-17-11)19(2)8-15/h3-7H,1-2H3. The first-order valence-corrected chi connectivity index (χ1v) is 6.02. The van der Waals surface area contributed by atoms with Gasteiger partial charge >= 0.3 is 0 Å². The molecule has 0 fully saturated rings. The van der Waals surface area contributed by atoms with Crippen LogP contribution in [-0.2, 0) is 0 Å². The highest BCUT2D eigenvalue weighted by molar-refractivity contribution is 5.79. The van der Waals surface area contributed by atoms with Crippen LogP contribution < -0.4 is 4.90 Å². The zero-order valence-corrected chi connectivity index (χ0v) is 11.0. The van der Waals surface area contributed by atoms with Gasteiger partial charge in [0, 0.05) is 19.5 Å². The van der Waals surface area contributed by atoms with Crippen molar-refractivity contribution in [2.75, 3.05) is 11.9 Å². The first kappa shape index (κ1) is 12.1. The van der Waals surface area contributed by atoms with Crippen LogP contribution in [0.25, 0.3) is 22.4 Å². The summed E-state index contributed by atoms with van der Waals surface area (Å²) in [6, 6.07) is 9.26. The maximum Gasteiger partial charge on any atom is 0.192 e. The fourth-order valence-corrected chi connectivity index (χ4v) is 1.91. The quantitative estimate of drug-likeness (QED) is 0.523. The molecule has 0 aliphatic rings. The Kier molecular flexibility index (Phi) is 2.80. The van der Waals surface area contributed by atoms with E-state index in [1.54, 1.807) is 13.1 Å². The molecule has 98 valence electrons. The molecular formula is C14H11N5O. The monoisotopic (exact) mass is 265 g/mol. The van der Waals surface area contributed by atoms with E-state index >= 15 is 0 Å². The molecule has 0 aliphatic carbocycles. The summed E-state index contributed by atoms with van der Waals surface area (Å²) in [5.41, 5.74) is 3.16. The molecule has 0 saturated heterocycles. The summed E-state index contributed by atoms with van der Waals surface area (Å²) in [5.74, 6) is 1.14. The molecular weight excluding hydrogens is 254 g/mol. The van der Waals surface area contributed by atoms with Crippen molar-refractivity contribution in [1.29, 1.82) is 5.26 Å². The summed E-state index contributed by atoms with van der Waals surface area (Å²) >= 11 is 0. The SMILES string of the molecule is Cc1nc2ccc(-c3ccc(N(C)C#N)nn3)cc2o1. The van der Waals surface area contributed by atoms with E-state index in [1.165, 1.54) is 4.90 Å². The van der Waals surface area contributed by atoms with E-state index in [0.717, 1.165) is 22.4 Å². The van der Waals surface area contributed by atoms with Crippen LogP contribution in [0.4, 0.5) is 5.82 Å². The van der Waals surface area contributed by atoms with Gasteiger partial charge in [-0.1, -0.05) is 6.07 Å². The minimum Gasteiger partial charge on any atom is -0.441 e. The third-order valence-electron chi connectivity index (χ3n) is 2.94. The second-order valence-electron chi connectivity index (χ2n) is 4.35. The second kappa shape index (κ2) is 4.63. The van der Waals surface area contributed by atoms with E-state index in [1.807, 2.05) is 37.4 Å². The zero-order chi connectivity index (χ0) is 14.1. The molecule has 3 aromatic rings. The molecule has 0 atom stereocenters. The third-order valence-corrected chi connectivity index (χ3v) is 2.94. The van der Waals surface area contributed by atoms with Gasteiger partial charge in [-0.05, 0) is 24.3 Å². The predicted molar refractivity (Wildman–Crippen MR) is 73.8 cm³/mol. The molecule has 6 heteroatoms. The normalized spacial score (nSPS) is 10.4. The molecule has 0 radical (unpaired) electrons. The molecule has 1 aromatic carbocycles. The van der Waals surface area contributed by atoms with Crippen molar-refractivity contribution in [2.45, 2.75) is 6.92 Å². The largest absolute Gasteiger partial charge is 0.441 e. The number of hydrogen-bond donors (Lipinski definition) is 0. The van der Waals surface area contributed by atoms with Crippen molar-refractivity contribution < 1.29 is 4.42 Å². The zero-order valence-electron chi connectivity index (χ0n) is 11.0. The number of rotatable bonds is 2. The molecule has 0 bridgehead atoms. The number of aromatic nitrogens is 3. The van der Waals surface area contributed by atoms with Crippen molar-refractivity contribution in [3.05, 3.63) is 36.2 Å². The highest BCUT2D eigenvalue weighted by atomic mass is 16.3. The van der Waals surface area contributed by atoms with Crippen LogP contribution in [0.5, 0.6) is 0 Å². The maximum atomic E-state index is 8.78. The molecule has 3 rings (SSSR count). The van der Waals surface area contributed by atoms with Crippen LogP contribution in [-0.4, -0.2) is 22.2 Å². The van der Waals surface area contributed by atoms with Gasteiger partial charge in [-0.25, -0.2) is 4.98 Å². The lowest BCUT2D eigenvalue weighted by Gasteiger charge is -2.06. The molecule has 0 aliphatic heterocycles. The molecule has 20 heavy (non-hydrogen) atoms. The summed E-state index contributed by atoms with van der Waals surface area (Å²) in [6.45, 7) is 1.81. The number of benzene rings is 1. The van der Waals surface area contributed by atoms with Crippen LogP contribution in [0.15, 0.2) is 34.7 Å². The van der Waals surface area contributed by atoms with Crippen LogP contribution in [0, 0.1) is 18.4 Å². The number of fused-ring (bicyclic) bond motifs is 1. The van der Waals surface area contributed by atoms with E-state index in [0.29, 0.717) is 11.7 Å². The molecule has 0 unspecified atom stereocenters. The van der Waals surface area contributed by atoms with Gasteiger partial charge in [0.2, 0.25) is 0 Å². The van der Waals surface area contributed by atoms with Gasteiger partial charge in [-0.3, -0.25) is 4.90 Å². The van der Waals surface area contributed by atoms with Crippen molar-refractivity contribution in [3.8, 4) is 17.5 Å². The van der Waals surface area contributed by atoms with E-state index in [9.17, 15) is 0 Å². The number of aryl methyl sites for hydroxylation is 1. The molecule has 0 N–H and O–H groups in total. The predicted octanol–water partition coefficient (Wildman–Crippen LogP) is 2.51. The molecule has 0 spiro atoms. The van der Waals surface area contributed by atoms with E-state index in [4.69, 9.17) is 9.68 Å². The lowest BCUT2D eigenvalue weighted by molar-refractivity contribution is 0.561. The Balaban J connectivity index is 2.00. The van der Waals surface area contributed by atoms with Gasteiger partial charge in [0.15, 0.2) is 23.5 Å². The number of hydrogen-bond acceptors (Lipinski definition) is 6. The Hall–Kier alpha value is -2.94. The third kappa shape index (κ3) is 2.06. The van der Waals surface area contributed by atoms with E-state index in [-0.39, 0.29) is 0 Å². The molecule has 0 saturated carbocycles. The molecule has 2 aromatic heterocycles. The Bertz CT molecular complexity index is 801. The van der Waals surface area contributed by atoms with E-state index < -0.39 is 0 Å². The van der Waals surface area contributed by atoms with Crippen molar-refractivity contribution in [2.24, 2.45) is 0 Å². The van der Waals surface area contributed by atoms with Gasteiger partial charge in [0.1, 0.15) is 5.52 Å². The minimum absolute atomic E-state index is 0.507. The first-order valence-electron chi connectivity index (χ1n) is 6.02. The summed E-state index contributed by atoms with van der Waals surface area (Å²) in [4.78, 5) is 5.60. The van der Waals surface area contributed by atoms with Crippen LogP contribution in [0.3, 0.4) is 0 Å². The van der Waals surface area contributed by atoms with Crippen molar-refractivity contribution in [3.63, 3.8) is 0 Å². The van der Waals surface area contributed by atoms with Gasteiger partial charge in [-0.15, -0.1) is 10.2 Å². The fraction of sp³-hybridized carbons (Fsp3) is 0.143. The Morgan fingerprint density at radius 2 is 2.05 bits per heavy atom. The van der Waals surface area contributed by atoms with Gasteiger partial charge in [-0.2, -0.15) is 5.26 Å². The minimum atomic E-state index is 0.507. The summed E-state index contributed by atoms with van der Waals surface area (Å²) in [5, 5.41) is 16.9. The average molecular weight is 265 g/mol. The summed E-state index contributed by atoms with van der Waals surface area (Å²) in [7, 11) is 1.63. The summed E-state index contributed by atoms with van der Waals surface area (Å²) in [6.07, 6.45) is 1.97. The van der Waals surface area contributed by atoms with Crippen LogP contribution >= 0.6 is 0 Å². The van der Waals surface area contributed by atoms with Gasteiger partial charge in [0.25, 0.3) is 0 Å². The molecule has 2 heterocycles. The van der Waals surface area contributed by atoms with Gasteiger partial charge in [0.05, 0.1) is 5.69 Å². The number of anilines is 1. The first-order chi connectivity index (χ1) is 9.67. The number of nitriles is 1.